The van der Waals surface area contributed by atoms with Crippen molar-refractivity contribution in [2.75, 3.05) is 11.9 Å². The number of carboxylic acids is 1. The van der Waals surface area contributed by atoms with Crippen LogP contribution in [0.25, 0.3) is 0 Å². The average Bonchev–Trinajstić information content (AvgIpc) is 2.65. The summed E-state index contributed by atoms with van der Waals surface area (Å²) in [5.74, 6) is -0.957. The maximum atomic E-state index is 12.1. The van der Waals surface area contributed by atoms with Crippen molar-refractivity contribution in [1.82, 2.24) is 14.9 Å². The van der Waals surface area contributed by atoms with Gasteiger partial charge in [0, 0.05) is 6.54 Å². The lowest BCUT2D eigenvalue weighted by atomic mass is 10.1. The lowest BCUT2D eigenvalue weighted by molar-refractivity contribution is -0.142. The van der Waals surface area contributed by atoms with E-state index in [4.69, 9.17) is 0 Å². The molecule has 1 unspecified atom stereocenters. The zero-order valence-electron chi connectivity index (χ0n) is 10.5. The number of rotatable bonds is 2. The lowest BCUT2D eigenvalue weighted by Gasteiger charge is -2.26. The Morgan fingerprint density at radius 3 is 2.68 bits per heavy atom. The molecule has 2 heterocycles. The largest absolute Gasteiger partial charge is 0.480 e. The van der Waals surface area contributed by atoms with Crippen LogP contribution in [0.2, 0.25) is 0 Å². The van der Waals surface area contributed by atoms with Crippen molar-refractivity contribution >= 4 is 17.7 Å². The summed E-state index contributed by atoms with van der Waals surface area (Å²) >= 11 is 0. The molecule has 19 heavy (non-hydrogen) atoms. The van der Waals surface area contributed by atoms with Crippen molar-refractivity contribution < 1.29 is 14.7 Å². The van der Waals surface area contributed by atoms with Gasteiger partial charge in [-0.2, -0.15) is 0 Å². The van der Waals surface area contributed by atoms with Crippen LogP contribution in [-0.4, -0.2) is 44.6 Å². The van der Waals surface area contributed by atoms with E-state index in [0.29, 0.717) is 18.7 Å². The molecule has 0 spiro atoms. The minimum atomic E-state index is -0.957. The number of hydrogen-bond acceptors (Lipinski definition) is 4. The van der Waals surface area contributed by atoms with Gasteiger partial charge in [0.15, 0.2) is 0 Å². The van der Waals surface area contributed by atoms with Gasteiger partial charge in [-0.05, 0) is 12.8 Å². The third kappa shape index (κ3) is 3.40. The number of aliphatic carboxylic acids is 1. The number of anilines is 1. The summed E-state index contributed by atoms with van der Waals surface area (Å²) in [6, 6.07) is -1.17. The van der Waals surface area contributed by atoms with Gasteiger partial charge in [0.1, 0.15) is 12.4 Å². The van der Waals surface area contributed by atoms with Crippen LogP contribution in [-0.2, 0) is 4.79 Å². The second kappa shape index (κ2) is 6.12. The van der Waals surface area contributed by atoms with Gasteiger partial charge >= 0.3 is 12.0 Å². The van der Waals surface area contributed by atoms with E-state index in [-0.39, 0.29) is 0 Å². The normalized spacial score (nSPS) is 19.6. The van der Waals surface area contributed by atoms with E-state index in [2.05, 4.69) is 15.3 Å². The van der Waals surface area contributed by atoms with Gasteiger partial charge in [-0.3, -0.25) is 0 Å². The molecule has 1 aromatic rings. The third-order valence-electron chi connectivity index (χ3n) is 3.11. The minimum absolute atomic E-state index is 0.413. The summed E-state index contributed by atoms with van der Waals surface area (Å²) in [7, 11) is 0. The molecule has 1 aliphatic rings. The average molecular weight is 264 g/mol. The van der Waals surface area contributed by atoms with Crippen molar-refractivity contribution in [3.63, 3.8) is 0 Å². The van der Waals surface area contributed by atoms with E-state index < -0.39 is 18.0 Å². The second-order valence-corrected chi connectivity index (χ2v) is 4.45. The predicted molar refractivity (Wildman–Crippen MR) is 67.6 cm³/mol. The number of nitrogens with one attached hydrogen (secondary N) is 1. The lowest BCUT2D eigenvalue weighted by Crippen LogP contribution is -2.46. The Morgan fingerprint density at radius 2 is 2.00 bits per heavy atom. The van der Waals surface area contributed by atoms with Crippen LogP contribution in [0, 0.1) is 0 Å². The molecular weight excluding hydrogens is 248 g/mol. The number of likely N-dealkylation sites (tertiary alicyclic amines) is 1. The maximum Gasteiger partial charge on any atom is 0.326 e. The summed E-state index contributed by atoms with van der Waals surface area (Å²) < 4.78 is 0. The molecule has 1 atom stereocenters. The van der Waals surface area contributed by atoms with Gasteiger partial charge in [0.25, 0.3) is 0 Å². The Morgan fingerprint density at radius 1 is 1.26 bits per heavy atom. The Kier molecular flexibility index (Phi) is 4.27. The van der Waals surface area contributed by atoms with Gasteiger partial charge in [-0.25, -0.2) is 19.6 Å². The highest BCUT2D eigenvalue weighted by Crippen LogP contribution is 2.18. The van der Waals surface area contributed by atoms with Crippen LogP contribution in [0.4, 0.5) is 10.5 Å². The molecular formula is C12H16N4O3. The highest BCUT2D eigenvalue weighted by Gasteiger charge is 2.30. The number of carbonyl (C=O) groups excluding carboxylic acids is 1. The van der Waals surface area contributed by atoms with Crippen molar-refractivity contribution in [3.8, 4) is 0 Å². The molecule has 0 aromatic carbocycles. The van der Waals surface area contributed by atoms with Gasteiger partial charge in [0.2, 0.25) is 0 Å². The summed E-state index contributed by atoms with van der Waals surface area (Å²) in [5.41, 5.74) is 0.459. The van der Waals surface area contributed by atoms with Crippen LogP contribution in [0.5, 0.6) is 0 Å². The fraction of sp³-hybridized carbons (Fsp3) is 0.500. The second-order valence-electron chi connectivity index (χ2n) is 4.45. The summed E-state index contributed by atoms with van der Waals surface area (Å²) in [4.78, 5) is 32.3. The molecule has 1 aromatic heterocycles. The first-order valence-electron chi connectivity index (χ1n) is 6.24. The molecule has 0 bridgehead atoms. The number of aromatic nitrogens is 2. The number of nitrogens with zero attached hydrogens (tertiary/aromatic N) is 3. The summed E-state index contributed by atoms with van der Waals surface area (Å²) in [5, 5.41) is 11.8. The van der Waals surface area contributed by atoms with Crippen molar-refractivity contribution in [3.05, 3.63) is 18.7 Å². The Bertz CT molecular complexity index is 452. The Balaban J connectivity index is 2.08. The number of hydrogen-bond donors (Lipinski definition) is 2. The quantitative estimate of drug-likeness (QED) is 0.840. The van der Waals surface area contributed by atoms with Crippen LogP contribution in [0.3, 0.4) is 0 Å². The first kappa shape index (κ1) is 13.3. The fourth-order valence-corrected chi connectivity index (χ4v) is 2.17. The number of amides is 2. The van der Waals surface area contributed by atoms with Crippen molar-refractivity contribution in [2.24, 2.45) is 0 Å². The smallest absolute Gasteiger partial charge is 0.326 e. The van der Waals surface area contributed by atoms with Crippen molar-refractivity contribution in [1.29, 1.82) is 0 Å². The van der Waals surface area contributed by atoms with Gasteiger partial charge in [-0.1, -0.05) is 12.8 Å². The molecule has 1 aliphatic heterocycles. The Labute approximate surface area is 110 Å². The standard InChI is InChI=1S/C12H16N4O3/c17-11(18)10-4-2-1-3-5-16(10)12(19)15-9-6-13-8-14-7-9/h6-8,10H,1-5H2,(H,15,19)(H,17,18). The monoisotopic (exact) mass is 264 g/mol. The molecule has 0 saturated carbocycles. The SMILES string of the molecule is O=C(O)C1CCCCCN1C(=O)Nc1cncnc1. The fourth-order valence-electron chi connectivity index (χ4n) is 2.17. The number of carboxylic acid groups (broad SMARTS) is 1. The van der Waals surface area contributed by atoms with E-state index >= 15 is 0 Å². The molecule has 0 radical (unpaired) electrons. The molecule has 1 saturated heterocycles. The van der Waals surface area contributed by atoms with Crippen molar-refractivity contribution in [2.45, 2.75) is 31.7 Å². The van der Waals surface area contributed by atoms with E-state index in [9.17, 15) is 14.7 Å². The van der Waals surface area contributed by atoms with Crippen LogP contribution < -0.4 is 5.32 Å². The molecule has 0 aliphatic carbocycles. The Hall–Kier alpha value is -2.18. The molecule has 2 rings (SSSR count). The van der Waals surface area contributed by atoms with Crippen LogP contribution in [0.1, 0.15) is 25.7 Å². The number of urea groups is 1. The van der Waals surface area contributed by atoms with Gasteiger partial charge in [-0.15, -0.1) is 0 Å². The zero-order valence-corrected chi connectivity index (χ0v) is 10.5. The number of carbonyl (C=O) groups is 2. The van der Waals surface area contributed by atoms with E-state index in [0.717, 1.165) is 19.3 Å². The highest BCUT2D eigenvalue weighted by atomic mass is 16.4. The molecule has 2 amide bonds. The maximum absolute atomic E-state index is 12.1. The first-order chi connectivity index (χ1) is 9.18. The first-order valence-corrected chi connectivity index (χ1v) is 6.24. The minimum Gasteiger partial charge on any atom is -0.480 e. The summed E-state index contributed by atoms with van der Waals surface area (Å²) in [6.07, 6.45) is 7.40. The topological polar surface area (TPSA) is 95.4 Å². The van der Waals surface area contributed by atoms with E-state index in [1.54, 1.807) is 0 Å². The van der Waals surface area contributed by atoms with Crippen LogP contribution in [0.15, 0.2) is 18.7 Å². The van der Waals surface area contributed by atoms with Crippen LogP contribution >= 0.6 is 0 Å². The van der Waals surface area contributed by atoms with Gasteiger partial charge < -0.3 is 15.3 Å². The van der Waals surface area contributed by atoms with E-state index in [1.165, 1.54) is 23.6 Å². The molecule has 7 nitrogen and oxygen atoms in total. The van der Waals surface area contributed by atoms with E-state index in [1.807, 2.05) is 0 Å². The molecule has 1 fully saturated rings. The third-order valence-corrected chi connectivity index (χ3v) is 3.11. The highest BCUT2D eigenvalue weighted by molar-refractivity contribution is 5.92. The summed E-state index contributed by atoms with van der Waals surface area (Å²) in [6.45, 7) is 0.455. The zero-order chi connectivity index (χ0) is 13.7. The molecule has 7 heteroatoms. The van der Waals surface area contributed by atoms with Gasteiger partial charge in [0.05, 0.1) is 18.1 Å². The molecule has 2 N–H and O–H groups in total. The molecule has 102 valence electrons. The predicted octanol–water partition coefficient (Wildman–Crippen LogP) is 1.34.